The molecule has 1 aromatic heterocycles. The van der Waals surface area contributed by atoms with Crippen molar-refractivity contribution in [2.24, 2.45) is 0 Å². The Bertz CT molecular complexity index is 1740. The Balaban J connectivity index is 1.69. The van der Waals surface area contributed by atoms with Crippen LogP contribution < -0.4 is 0 Å². The predicted octanol–water partition coefficient (Wildman–Crippen LogP) is 10.0. The number of rotatable bonds is 10. The largest absolute Gasteiger partial charge is 0.480 e. The number of carboxylic acid groups (broad SMARTS) is 1. The van der Waals surface area contributed by atoms with E-state index in [4.69, 9.17) is 8.95 Å². The van der Waals surface area contributed by atoms with E-state index in [9.17, 15) is 23.1 Å². The molecule has 0 aliphatic heterocycles. The number of aromatic nitrogens is 2. The lowest BCUT2D eigenvalue weighted by Crippen LogP contribution is -2.54. The summed E-state index contributed by atoms with van der Waals surface area (Å²) < 4.78 is 54.8. The monoisotopic (exact) mass is 681 g/mol. The molecule has 3 aromatic carbocycles. The Morgan fingerprint density at radius 3 is 2.08 bits per heavy atom. The molecule has 0 saturated heterocycles. The molecule has 7 nitrogen and oxygen atoms in total. The molecular weight excluding hydrogens is 636 g/mol. The number of hydrogen-bond acceptors (Lipinski definition) is 6. The van der Waals surface area contributed by atoms with Gasteiger partial charge >= 0.3 is 12.1 Å². The van der Waals surface area contributed by atoms with Crippen LogP contribution in [0.15, 0.2) is 71.3 Å². The molecule has 11 heteroatoms. The summed E-state index contributed by atoms with van der Waals surface area (Å²) in [6, 6.07) is 17.2. The summed E-state index contributed by atoms with van der Waals surface area (Å²) >= 11 is 0. The van der Waals surface area contributed by atoms with E-state index >= 15 is 0 Å². The Morgan fingerprint density at radius 1 is 0.938 bits per heavy atom. The molecule has 1 N–H and O–H groups in total. The van der Waals surface area contributed by atoms with E-state index in [1.54, 1.807) is 56.3 Å². The van der Waals surface area contributed by atoms with Gasteiger partial charge in [0.05, 0.1) is 18.2 Å². The molecule has 0 aliphatic carbocycles. The summed E-state index contributed by atoms with van der Waals surface area (Å²) in [5.41, 5.74) is 1.61. The van der Waals surface area contributed by atoms with Gasteiger partial charge in [0.15, 0.2) is 8.32 Å². The average molecular weight is 682 g/mol. The molecule has 48 heavy (non-hydrogen) atoms. The summed E-state index contributed by atoms with van der Waals surface area (Å²) in [5, 5.41) is 14.1. The lowest BCUT2D eigenvalue weighted by Gasteiger charge is -2.46. The highest BCUT2D eigenvalue weighted by molar-refractivity contribution is 6.74. The predicted molar refractivity (Wildman–Crippen MR) is 185 cm³/mol. The summed E-state index contributed by atoms with van der Waals surface area (Å²) in [6.45, 7) is 20.5. The molecule has 0 aliphatic rings. The van der Waals surface area contributed by atoms with Crippen LogP contribution in [0.1, 0.15) is 71.2 Å². The molecule has 2 atom stereocenters. The number of halogens is 3. The molecule has 0 radical (unpaired) electrons. The number of aliphatic carboxylic acids is 1. The molecule has 4 rings (SSSR count). The second-order valence-electron chi connectivity index (χ2n) is 14.8. The van der Waals surface area contributed by atoms with Crippen molar-refractivity contribution in [3.63, 3.8) is 0 Å². The van der Waals surface area contributed by atoms with E-state index in [0.29, 0.717) is 17.7 Å². The topological polar surface area (TPSA) is 88.7 Å². The number of nitrogens with zero attached hydrogens (tertiary/aromatic N) is 3. The normalized spacial score (nSPS) is 14.3. The Kier molecular flexibility index (Phi) is 10.5. The van der Waals surface area contributed by atoms with Crippen molar-refractivity contribution < 1.29 is 32.0 Å². The molecule has 0 saturated carbocycles. The van der Waals surface area contributed by atoms with Crippen molar-refractivity contribution in [2.75, 3.05) is 6.61 Å². The minimum absolute atomic E-state index is 0.0363. The van der Waals surface area contributed by atoms with E-state index in [1.807, 2.05) is 37.8 Å². The zero-order valence-corrected chi connectivity index (χ0v) is 30.4. The highest BCUT2D eigenvalue weighted by Gasteiger charge is 2.41. The van der Waals surface area contributed by atoms with Gasteiger partial charge in [-0.3, -0.25) is 9.69 Å². The van der Waals surface area contributed by atoms with Gasteiger partial charge in [-0.05, 0) is 87.1 Å². The molecule has 0 fully saturated rings. The number of benzene rings is 3. The molecule has 0 amide bonds. The highest BCUT2D eigenvalue weighted by atomic mass is 28.4. The van der Waals surface area contributed by atoms with E-state index in [1.165, 1.54) is 6.07 Å². The van der Waals surface area contributed by atoms with Crippen LogP contribution >= 0.6 is 0 Å². The van der Waals surface area contributed by atoms with Crippen LogP contribution in [0.2, 0.25) is 18.1 Å². The van der Waals surface area contributed by atoms with E-state index in [2.05, 4.69) is 44.0 Å². The fourth-order valence-electron chi connectivity index (χ4n) is 5.61. The Hall–Kier alpha value is -3.80. The molecular formula is C37H46F3N3O4Si. The van der Waals surface area contributed by atoms with Crippen molar-refractivity contribution in [2.45, 2.75) is 97.3 Å². The highest BCUT2D eigenvalue weighted by Crippen LogP contribution is 2.41. The van der Waals surface area contributed by atoms with Crippen LogP contribution in [-0.4, -0.2) is 52.6 Å². The maximum atomic E-state index is 14.2. The van der Waals surface area contributed by atoms with Crippen LogP contribution in [0.3, 0.4) is 0 Å². The summed E-state index contributed by atoms with van der Waals surface area (Å²) in [4.78, 5) is 18.7. The zero-order valence-electron chi connectivity index (χ0n) is 29.4. The number of carbonyl (C=O) groups is 1. The maximum absolute atomic E-state index is 14.2. The number of aryl methyl sites for hydroxylation is 1. The quantitative estimate of drug-likeness (QED) is 0.167. The molecule has 258 valence electrons. The van der Waals surface area contributed by atoms with E-state index in [-0.39, 0.29) is 33.9 Å². The molecule has 1 heterocycles. The second kappa shape index (κ2) is 13.6. The van der Waals surface area contributed by atoms with Gasteiger partial charge in [-0.1, -0.05) is 80.5 Å². The SMILES string of the molecule is Cc1ccccc1-c1ccc(-c2nc(-c3ccc(C(CO[Si](C)(C)C(C)(C)C)N([C@H](C)C(=O)O)C(C)(C)C)cc3)no2)cc1C(F)(F)F. The minimum Gasteiger partial charge on any atom is -0.480 e. The number of alkyl halides is 3. The van der Waals surface area contributed by atoms with Crippen molar-refractivity contribution in [1.82, 2.24) is 15.0 Å². The summed E-state index contributed by atoms with van der Waals surface area (Å²) in [6.07, 6.45) is -4.60. The molecule has 4 aromatic rings. The van der Waals surface area contributed by atoms with Crippen LogP contribution in [0, 0.1) is 6.92 Å². The summed E-state index contributed by atoms with van der Waals surface area (Å²) in [5.74, 6) is -0.752. The first-order chi connectivity index (χ1) is 22.1. The van der Waals surface area contributed by atoms with Gasteiger partial charge in [-0.2, -0.15) is 18.2 Å². The smallest absolute Gasteiger partial charge is 0.417 e. The average Bonchev–Trinajstić information content (AvgIpc) is 3.48. The van der Waals surface area contributed by atoms with Crippen molar-refractivity contribution in [3.8, 4) is 34.0 Å². The van der Waals surface area contributed by atoms with Crippen molar-refractivity contribution in [3.05, 3.63) is 83.4 Å². The van der Waals surface area contributed by atoms with E-state index in [0.717, 1.165) is 17.2 Å². The Labute approximate surface area is 282 Å². The first-order valence-electron chi connectivity index (χ1n) is 16.0. The van der Waals surface area contributed by atoms with E-state index < -0.39 is 37.6 Å². The number of carboxylic acids is 1. The van der Waals surface area contributed by atoms with Gasteiger partial charge in [-0.15, -0.1) is 0 Å². The van der Waals surface area contributed by atoms with Gasteiger partial charge in [0.2, 0.25) is 5.82 Å². The lowest BCUT2D eigenvalue weighted by molar-refractivity contribution is -0.147. The van der Waals surface area contributed by atoms with Gasteiger partial charge < -0.3 is 14.1 Å². The standard InChI is InChI=1S/C37H46F3N3O4Si/c1-23-13-11-12-14-28(23)29-20-19-27(21-30(29)37(38,39)40)33-41-32(42-47-33)26-17-15-25(16-18-26)31(22-46-48(9,10)36(6,7)8)43(35(3,4)5)24(2)34(44)45/h11-21,24,31H,22H2,1-10H3,(H,44,45)/t24-,31?/m1/s1. The summed E-state index contributed by atoms with van der Waals surface area (Å²) in [7, 11) is -2.18. The molecule has 0 spiro atoms. The maximum Gasteiger partial charge on any atom is 0.417 e. The molecule has 0 bridgehead atoms. The van der Waals surface area contributed by atoms with Gasteiger partial charge in [0, 0.05) is 16.7 Å². The third-order valence-corrected chi connectivity index (χ3v) is 13.8. The third-order valence-electron chi connectivity index (χ3n) is 9.28. The molecule has 1 unspecified atom stereocenters. The third kappa shape index (κ3) is 8.07. The number of hydrogen-bond donors (Lipinski definition) is 1. The van der Waals surface area contributed by atoms with Gasteiger partial charge in [-0.25, -0.2) is 0 Å². The Morgan fingerprint density at radius 2 is 1.54 bits per heavy atom. The lowest BCUT2D eigenvalue weighted by atomic mass is 9.94. The van der Waals surface area contributed by atoms with Crippen molar-refractivity contribution >= 4 is 14.3 Å². The van der Waals surface area contributed by atoms with Crippen LogP contribution in [0.25, 0.3) is 34.0 Å². The van der Waals surface area contributed by atoms with Gasteiger partial charge in [0.1, 0.15) is 6.04 Å². The fraction of sp³-hybridized carbons (Fsp3) is 0.432. The van der Waals surface area contributed by atoms with Crippen LogP contribution in [-0.2, 0) is 15.4 Å². The zero-order chi connectivity index (χ0) is 35.8. The first kappa shape index (κ1) is 37.0. The van der Waals surface area contributed by atoms with Crippen LogP contribution in [0.4, 0.5) is 13.2 Å². The van der Waals surface area contributed by atoms with Crippen LogP contribution in [0.5, 0.6) is 0 Å². The first-order valence-corrected chi connectivity index (χ1v) is 18.9. The fourth-order valence-corrected chi connectivity index (χ4v) is 6.62. The van der Waals surface area contributed by atoms with Gasteiger partial charge in [0.25, 0.3) is 5.89 Å². The second-order valence-corrected chi connectivity index (χ2v) is 19.6. The van der Waals surface area contributed by atoms with Crippen molar-refractivity contribution in [1.29, 1.82) is 0 Å². The minimum atomic E-state index is -4.60.